The first kappa shape index (κ1) is 23.7. The van der Waals surface area contributed by atoms with Gasteiger partial charge in [0, 0.05) is 54.3 Å². The second-order valence-electron chi connectivity index (χ2n) is 9.28. The fraction of sp³-hybridized carbons (Fsp3) is 0.500. The minimum Gasteiger partial charge on any atom is -0.382 e. The van der Waals surface area contributed by atoms with E-state index in [1.165, 1.54) is 26.0 Å². The monoisotopic (exact) mass is 591 g/mol. The zero-order chi connectivity index (χ0) is 23.8. The number of fused-ring (bicyclic) bond motifs is 2. The number of rotatable bonds is 7. The van der Waals surface area contributed by atoms with Gasteiger partial charge in [-0.05, 0) is 71.9 Å². The van der Waals surface area contributed by atoms with E-state index in [4.69, 9.17) is 10.7 Å². The number of likely N-dealkylation sites (N-methyl/N-ethyl adjacent to an activating group) is 1. The van der Waals surface area contributed by atoms with Crippen LogP contribution in [-0.4, -0.2) is 57.0 Å². The number of carbonyl (C=O) groups is 1. The van der Waals surface area contributed by atoms with Crippen molar-refractivity contribution in [2.75, 3.05) is 37.3 Å². The first-order valence-corrected chi connectivity index (χ1v) is 13.7. The van der Waals surface area contributed by atoms with Gasteiger partial charge in [0.25, 0.3) is 0 Å². The number of benzene rings is 1. The second kappa shape index (κ2) is 9.88. The number of carbonyl (C=O) groups excluding carboxylic acids is 1. The molecule has 4 heterocycles. The molecule has 1 aromatic carbocycles. The van der Waals surface area contributed by atoms with Crippen LogP contribution in [0.1, 0.15) is 38.2 Å². The van der Waals surface area contributed by atoms with Gasteiger partial charge in [0.2, 0.25) is 5.91 Å². The summed E-state index contributed by atoms with van der Waals surface area (Å²) in [6.45, 7) is 5.37. The molecule has 8 nitrogen and oxygen atoms in total. The summed E-state index contributed by atoms with van der Waals surface area (Å²) in [5.74, 6) is 1.23. The highest BCUT2D eigenvalue weighted by atomic mass is 127. The van der Waals surface area contributed by atoms with Gasteiger partial charge in [-0.25, -0.2) is 15.0 Å². The summed E-state index contributed by atoms with van der Waals surface area (Å²) in [6.07, 6.45) is 7.02. The molecular formula is C24H30IN7OS. The smallest absolute Gasteiger partial charge is 0.219 e. The minimum atomic E-state index is 0.193. The van der Waals surface area contributed by atoms with E-state index in [1.54, 1.807) is 18.7 Å². The van der Waals surface area contributed by atoms with E-state index in [0.717, 1.165) is 69.1 Å². The largest absolute Gasteiger partial charge is 0.382 e. The number of amides is 1. The van der Waals surface area contributed by atoms with Gasteiger partial charge in [-0.3, -0.25) is 4.79 Å². The van der Waals surface area contributed by atoms with E-state index in [2.05, 4.69) is 61.2 Å². The van der Waals surface area contributed by atoms with Crippen LogP contribution < -0.4 is 10.6 Å². The molecule has 1 atom stereocenters. The lowest BCUT2D eigenvalue weighted by Crippen LogP contribution is -2.25. The standard InChI is InChI=1S/C24H30IN7OS/c1-15(33)31-10-6-16(13-31)5-3-4-8-32-23-21(22(26)27-14-28-23)29-24(32)34-20-12-19-17(11-18(20)25)7-9-30(19)2/h11-12,14,16H,3-10,13H2,1-2H3,(H2,26,27,28). The number of halogens is 1. The van der Waals surface area contributed by atoms with Gasteiger partial charge in [0.1, 0.15) is 6.33 Å². The Morgan fingerprint density at radius 2 is 2.12 bits per heavy atom. The molecule has 3 aromatic rings. The second-order valence-corrected chi connectivity index (χ2v) is 11.4. The van der Waals surface area contributed by atoms with Crippen molar-refractivity contribution in [2.45, 2.75) is 55.6 Å². The van der Waals surface area contributed by atoms with Crippen molar-refractivity contribution in [1.29, 1.82) is 0 Å². The SMILES string of the molecule is CC(=O)N1CCC(CCCCn2c(Sc3cc4c(cc3I)CCN4C)nc3c(N)ncnc32)C1. The summed E-state index contributed by atoms with van der Waals surface area (Å²) >= 11 is 4.11. The molecule has 0 spiro atoms. The molecule has 2 aliphatic heterocycles. The molecule has 10 heteroatoms. The molecule has 1 saturated heterocycles. The van der Waals surface area contributed by atoms with Crippen LogP contribution in [0.2, 0.25) is 0 Å². The molecule has 0 bridgehead atoms. The molecule has 2 aromatic heterocycles. The van der Waals surface area contributed by atoms with Crippen molar-refractivity contribution < 1.29 is 4.79 Å². The lowest BCUT2D eigenvalue weighted by Gasteiger charge is -2.15. The number of anilines is 2. The predicted octanol–water partition coefficient (Wildman–Crippen LogP) is 4.20. The zero-order valence-corrected chi connectivity index (χ0v) is 22.6. The Balaban J connectivity index is 1.33. The maximum absolute atomic E-state index is 11.6. The van der Waals surface area contributed by atoms with Crippen molar-refractivity contribution in [3.8, 4) is 0 Å². The van der Waals surface area contributed by atoms with Gasteiger partial charge in [-0.1, -0.05) is 18.2 Å². The number of imidazole rings is 1. The van der Waals surface area contributed by atoms with Crippen LogP contribution in [0, 0.1) is 9.49 Å². The fourth-order valence-electron chi connectivity index (χ4n) is 5.00. The van der Waals surface area contributed by atoms with E-state index in [1.807, 2.05) is 4.90 Å². The van der Waals surface area contributed by atoms with E-state index < -0.39 is 0 Å². The van der Waals surface area contributed by atoms with E-state index in [9.17, 15) is 4.79 Å². The molecule has 1 fully saturated rings. The number of aromatic nitrogens is 4. The van der Waals surface area contributed by atoms with Gasteiger partial charge in [-0.15, -0.1) is 0 Å². The van der Waals surface area contributed by atoms with Gasteiger partial charge in [0.05, 0.1) is 0 Å². The van der Waals surface area contributed by atoms with Crippen LogP contribution in [0.15, 0.2) is 28.5 Å². The summed E-state index contributed by atoms with van der Waals surface area (Å²) in [5, 5.41) is 0.907. The summed E-state index contributed by atoms with van der Waals surface area (Å²) in [7, 11) is 2.15. The number of nitrogen functional groups attached to an aromatic ring is 1. The third kappa shape index (κ3) is 4.71. The summed E-state index contributed by atoms with van der Waals surface area (Å²) < 4.78 is 3.44. The molecule has 1 amide bonds. The Hall–Kier alpha value is -2.08. The summed E-state index contributed by atoms with van der Waals surface area (Å²) in [6, 6.07) is 4.59. The van der Waals surface area contributed by atoms with Gasteiger partial charge < -0.3 is 20.1 Å². The van der Waals surface area contributed by atoms with Gasteiger partial charge in [0.15, 0.2) is 22.1 Å². The van der Waals surface area contributed by atoms with Crippen molar-refractivity contribution in [3.63, 3.8) is 0 Å². The molecule has 0 aliphatic carbocycles. The van der Waals surface area contributed by atoms with Crippen molar-refractivity contribution >= 4 is 62.9 Å². The van der Waals surface area contributed by atoms with Crippen LogP contribution in [0.25, 0.3) is 11.2 Å². The average Bonchev–Trinajstić information content (AvgIpc) is 3.51. The lowest BCUT2D eigenvalue weighted by atomic mass is 10.0. The minimum absolute atomic E-state index is 0.193. The lowest BCUT2D eigenvalue weighted by molar-refractivity contribution is -0.127. The third-order valence-electron chi connectivity index (χ3n) is 6.96. The number of likely N-dealkylation sites (tertiary alicyclic amines) is 1. The fourth-order valence-corrected chi connectivity index (χ4v) is 6.81. The maximum Gasteiger partial charge on any atom is 0.219 e. The first-order valence-electron chi connectivity index (χ1n) is 11.8. The average molecular weight is 592 g/mol. The molecule has 5 rings (SSSR count). The molecule has 180 valence electrons. The number of nitrogens with zero attached hydrogens (tertiary/aromatic N) is 6. The number of hydrogen-bond donors (Lipinski definition) is 1. The van der Waals surface area contributed by atoms with Crippen molar-refractivity contribution in [2.24, 2.45) is 5.92 Å². The normalized spacial score (nSPS) is 17.7. The summed E-state index contributed by atoms with van der Waals surface area (Å²) in [5.41, 5.74) is 10.3. The first-order chi connectivity index (χ1) is 16.4. The predicted molar refractivity (Wildman–Crippen MR) is 144 cm³/mol. The maximum atomic E-state index is 11.6. The van der Waals surface area contributed by atoms with Crippen LogP contribution in [-0.2, 0) is 17.8 Å². The van der Waals surface area contributed by atoms with E-state index >= 15 is 0 Å². The zero-order valence-electron chi connectivity index (χ0n) is 19.6. The highest BCUT2D eigenvalue weighted by molar-refractivity contribution is 14.1. The van der Waals surface area contributed by atoms with Crippen molar-refractivity contribution in [1.82, 2.24) is 24.4 Å². The Labute approximate surface area is 217 Å². The quantitative estimate of drug-likeness (QED) is 0.325. The Kier molecular flexibility index (Phi) is 6.88. The molecule has 0 radical (unpaired) electrons. The van der Waals surface area contributed by atoms with Crippen LogP contribution in [0.5, 0.6) is 0 Å². The Morgan fingerprint density at radius 1 is 1.26 bits per heavy atom. The van der Waals surface area contributed by atoms with Gasteiger partial charge in [-0.2, -0.15) is 0 Å². The van der Waals surface area contributed by atoms with E-state index in [-0.39, 0.29) is 5.91 Å². The van der Waals surface area contributed by atoms with Crippen LogP contribution in [0.3, 0.4) is 0 Å². The molecule has 0 saturated carbocycles. The third-order valence-corrected chi connectivity index (χ3v) is 9.27. The molecule has 2 aliphatic rings. The Morgan fingerprint density at radius 3 is 2.91 bits per heavy atom. The molecule has 34 heavy (non-hydrogen) atoms. The Bertz CT molecular complexity index is 1230. The number of hydrogen-bond acceptors (Lipinski definition) is 7. The number of unbranched alkanes of at least 4 members (excludes halogenated alkanes) is 1. The summed E-state index contributed by atoms with van der Waals surface area (Å²) in [4.78, 5) is 30.6. The topological polar surface area (TPSA) is 93.2 Å². The molecule has 2 N–H and O–H groups in total. The number of aryl methyl sites for hydroxylation is 1. The van der Waals surface area contributed by atoms with Crippen LogP contribution in [0.4, 0.5) is 11.5 Å². The van der Waals surface area contributed by atoms with Crippen molar-refractivity contribution in [3.05, 3.63) is 27.6 Å². The van der Waals surface area contributed by atoms with Crippen LogP contribution >= 0.6 is 34.4 Å². The highest BCUT2D eigenvalue weighted by Gasteiger charge is 2.24. The van der Waals surface area contributed by atoms with E-state index in [0.29, 0.717) is 17.3 Å². The molecular weight excluding hydrogens is 561 g/mol. The van der Waals surface area contributed by atoms with Gasteiger partial charge >= 0.3 is 0 Å². The number of nitrogens with two attached hydrogens (primary N) is 1. The highest BCUT2D eigenvalue weighted by Crippen LogP contribution is 2.39. The molecule has 1 unspecified atom stereocenters.